The maximum absolute atomic E-state index is 13.0. The van der Waals surface area contributed by atoms with Gasteiger partial charge in [0.2, 0.25) is 5.91 Å². The second-order valence-corrected chi connectivity index (χ2v) is 7.82. The van der Waals surface area contributed by atoms with E-state index < -0.39 is 0 Å². The fourth-order valence-electron chi connectivity index (χ4n) is 4.07. The number of carbonyl (C=O) groups excluding carboxylic acids is 1. The molecule has 6 heteroatoms. The number of carbonyl (C=O) groups is 1. The van der Waals surface area contributed by atoms with E-state index in [-0.39, 0.29) is 11.8 Å². The zero-order valence-corrected chi connectivity index (χ0v) is 17.1. The van der Waals surface area contributed by atoms with Gasteiger partial charge in [-0.05, 0) is 25.0 Å². The first-order valence-electron chi connectivity index (χ1n) is 10.5. The molecule has 0 bridgehead atoms. The summed E-state index contributed by atoms with van der Waals surface area (Å²) in [6, 6.07) is 21.9. The molecule has 0 spiro atoms. The minimum Gasteiger partial charge on any atom is -0.356 e. The molecule has 0 saturated carbocycles. The molecule has 2 aromatic heterocycles. The number of nitrogens with zero attached hydrogens (tertiary/aromatic N) is 4. The molecular weight excluding hydrogens is 386 g/mol. The normalized spacial score (nSPS) is 16.3. The van der Waals surface area contributed by atoms with Crippen LogP contribution in [0.15, 0.2) is 79.3 Å². The van der Waals surface area contributed by atoms with Crippen LogP contribution in [0.3, 0.4) is 0 Å². The van der Waals surface area contributed by atoms with Crippen molar-refractivity contribution >= 4 is 28.3 Å². The Balaban J connectivity index is 1.30. The van der Waals surface area contributed by atoms with Gasteiger partial charge in [0.1, 0.15) is 12.1 Å². The SMILES string of the molecule is O=C(Nc1cnc2ccccc2c1)C1CCCN(c2cc(-c3ccccc3)ncn2)C1. The number of amides is 1. The number of aromatic nitrogens is 3. The van der Waals surface area contributed by atoms with Crippen molar-refractivity contribution in [3.05, 3.63) is 79.3 Å². The van der Waals surface area contributed by atoms with E-state index in [0.29, 0.717) is 6.54 Å². The monoisotopic (exact) mass is 409 g/mol. The highest BCUT2D eigenvalue weighted by atomic mass is 16.1. The second-order valence-electron chi connectivity index (χ2n) is 7.82. The lowest BCUT2D eigenvalue weighted by Crippen LogP contribution is -2.41. The van der Waals surface area contributed by atoms with E-state index in [4.69, 9.17) is 0 Å². The van der Waals surface area contributed by atoms with E-state index in [1.807, 2.05) is 66.7 Å². The predicted octanol–water partition coefficient (Wildman–Crippen LogP) is 4.55. The first-order valence-corrected chi connectivity index (χ1v) is 10.5. The van der Waals surface area contributed by atoms with Gasteiger partial charge < -0.3 is 10.2 Å². The molecule has 31 heavy (non-hydrogen) atoms. The van der Waals surface area contributed by atoms with Crippen molar-refractivity contribution in [2.24, 2.45) is 5.92 Å². The zero-order chi connectivity index (χ0) is 21.0. The lowest BCUT2D eigenvalue weighted by Gasteiger charge is -2.33. The Morgan fingerprint density at radius 3 is 2.71 bits per heavy atom. The first kappa shape index (κ1) is 19.2. The van der Waals surface area contributed by atoms with E-state index in [9.17, 15) is 4.79 Å². The predicted molar refractivity (Wildman–Crippen MR) is 123 cm³/mol. The van der Waals surface area contributed by atoms with E-state index in [0.717, 1.165) is 53.1 Å². The molecule has 154 valence electrons. The van der Waals surface area contributed by atoms with Crippen molar-refractivity contribution in [2.45, 2.75) is 12.8 Å². The third-order valence-electron chi connectivity index (χ3n) is 5.70. The number of benzene rings is 2. The van der Waals surface area contributed by atoms with E-state index in [1.165, 1.54) is 0 Å². The maximum atomic E-state index is 13.0. The zero-order valence-electron chi connectivity index (χ0n) is 17.1. The number of anilines is 2. The smallest absolute Gasteiger partial charge is 0.229 e. The molecule has 1 atom stereocenters. The van der Waals surface area contributed by atoms with Crippen molar-refractivity contribution in [1.82, 2.24) is 15.0 Å². The summed E-state index contributed by atoms with van der Waals surface area (Å²) >= 11 is 0. The molecule has 0 radical (unpaired) electrons. The highest BCUT2D eigenvalue weighted by molar-refractivity contribution is 5.95. The van der Waals surface area contributed by atoms with Gasteiger partial charge >= 0.3 is 0 Å². The number of piperidine rings is 1. The van der Waals surface area contributed by atoms with Gasteiger partial charge in [0, 0.05) is 30.1 Å². The summed E-state index contributed by atoms with van der Waals surface area (Å²) in [4.78, 5) is 28.5. The lowest BCUT2D eigenvalue weighted by atomic mass is 9.97. The van der Waals surface area contributed by atoms with Gasteiger partial charge in [-0.1, -0.05) is 48.5 Å². The topological polar surface area (TPSA) is 71.0 Å². The molecular formula is C25H23N5O. The molecule has 1 aliphatic rings. The lowest BCUT2D eigenvalue weighted by molar-refractivity contribution is -0.120. The molecule has 4 aromatic rings. The van der Waals surface area contributed by atoms with Crippen LogP contribution >= 0.6 is 0 Å². The van der Waals surface area contributed by atoms with Crippen LogP contribution in [0.25, 0.3) is 22.2 Å². The van der Waals surface area contributed by atoms with Gasteiger partial charge in [0.25, 0.3) is 0 Å². The number of nitrogens with one attached hydrogen (secondary N) is 1. The molecule has 1 unspecified atom stereocenters. The molecule has 5 rings (SSSR count). The highest BCUT2D eigenvalue weighted by Gasteiger charge is 2.27. The third kappa shape index (κ3) is 4.23. The van der Waals surface area contributed by atoms with E-state index >= 15 is 0 Å². The highest BCUT2D eigenvalue weighted by Crippen LogP contribution is 2.26. The van der Waals surface area contributed by atoms with Crippen LogP contribution in [-0.2, 0) is 4.79 Å². The molecule has 3 heterocycles. The number of hydrogen-bond donors (Lipinski definition) is 1. The Kier molecular flexibility index (Phi) is 5.27. The van der Waals surface area contributed by atoms with Gasteiger partial charge in [0.15, 0.2) is 0 Å². The Labute approximate surface area is 181 Å². The van der Waals surface area contributed by atoms with Crippen LogP contribution in [0.4, 0.5) is 11.5 Å². The fraction of sp³-hybridized carbons (Fsp3) is 0.200. The second kappa shape index (κ2) is 8.52. The van der Waals surface area contributed by atoms with Gasteiger partial charge in [-0.2, -0.15) is 0 Å². The minimum absolute atomic E-state index is 0.0270. The Morgan fingerprint density at radius 1 is 0.968 bits per heavy atom. The summed E-state index contributed by atoms with van der Waals surface area (Å²) in [5.74, 6) is 0.785. The summed E-state index contributed by atoms with van der Waals surface area (Å²) in [5.41, 5.74) is 3.59. The molecule has 2 aromatic carbocycles. The average Bonchev–Trinajstić information content (AvgIpc) is 2.85. The van der Waals surface area contributed by atoms with Crippen LogP contribution < -0.4 is 10.2 Å². The van der Waals surface area contributed by atoms with Crippen molar-refractivity contribution < 1.29 is 4.79 Å². The van der Waals surface area contributed by atoms with Crippen LogP contribution in [0.1, 0.15) is 12.8 Å². The van der Waals surface area contributed by atoms with Crippen molar-refractivity contribution in [1.29, 1.82) is 0 Å². The van der Waals surface area contributed by atoms with E-state index in [1.54, 1.807) is 12.5 Å². The standard InChI is InChI=1S/C25H23N5O/c31-25(29-21-13-19-9-4-5-11-22(19)26-15-21)20-10-6-12-30(16-20)24-14-23(27-17-28-24)18-7-2-1-3-8-18/h1-5,7-9,11,13-15,17,20H,6,10,12,16H2,(H,29,31). The van der Waals surface area contributed by atoms with Crippen molar-refractivity contribution in [3.63, 3.8) is 0 Å². The Bertz CT molecular complexity index is 1210. The number of fused-ring (bicyclic) bond motifs is 1. The molecule has 1 aliphatic heterocycles. The molecule has 1 N–H and O–H groups in total. The largest absolute Gasteiger partial charge is 0.356 e. The van der Waals surface area contributed by atoms with E-state index in [2.05, 4.69) is 25.2 Å². The van der Waals surface area contributed by atoms with Crippen LogP contribution in [0.2, 0.25) is 0 Å². The summed E-state index contributed by atoms with van der Waals surface area (Å²) in [6.45, 7) is 1.52. The number of hydrogen-bond acceptors (Lipinski definition) is 5. The molecule has 1 saturated heterocycles. The average molecular weight is 409 g/mol. The summed E-state index contributed by atoms with van der Waals surface area (Å²) < 4.78 is 0. The van der Waals surface area contributed by atoms with Crippen LogP contribution in [0, 0.1) is 5.92 Å². The molecule has 1 amide bonds. The van der Waals surface area contributed by atoms with Crippen molar-refractivity contribution in [2.75, 3.05) is 23.3 Å². The number of rotatable bonds is 4. The van der Waals surface area contributed by atoms with Crippen LogP contribution in [-0.4, -0.2) is 33.9 Å². The molecule has 6 nitrogen and oxygen atoms in total. The Hall–Kier alpha value is -3.80. The molecule has 1 fully saturated rings. The van der Waals surface area contributed by atoms with Crippen LogP contribution in [0.5, 0.6) is 0 Å². The van der Waals surface area contributed by atoms with Gasteiger partial charge in [-0.15, -0.1) is 0 Å². The number of pyridine rings is 1. The maximum Gasteiger partial charge on any atom is 0.229 e. The fourth-order valence-corrected chi connectivity index (χ4v) is 4.07. The Morgan fingerprint density at radius 2 is 1.81 bits per heavy atom. The van der Waals surface area contributed by atoms with Gasteiger partial charge in [-0.25, -0.2) is 9.97 Å². The molecule has 0 aliphatic carbocycles. The minimum atomic E-state index is -0.102. The van der Waals surface area contributed by atoms with Gasteiger partial charge in [0.05, 0.1) is 29.0 Å². The quantitative estimate of drug-likeness (QED) is 0.536. The number of para-hydroxylation sites is 1. The summed E-state index contributed by atoms with van der Waals surface area (Å²) in [7, 11) is 0. The third-order valence-corrected chi connectivity index (χ3v) is 5.70. The summed E-state index contributed by atoms with van der Waals surface area (Å²) in [5, 5.41) is 4.07. The van der Waals surface area contributed by atoms with Crippen molar-refractivity contribution in [3.8, 4) is 11.3 Å². The summed E-state index contributed by atoms with van der Waals surface area (Å²) in [6.07, 6.45) is 5.12. The van der Waals surface area contributed by atoms with Gasteiger partial charge in [-0.3, -0.25) is 9.78 Å². The first-order chi connectivity index (χ1) is 15.3.